The van der Waals surface area contributed by atoms with Crippen molar-refractivity contribution >= 4 is 29.2 Å². The number of nitrogens with zero attached hydrogens (tertiary/aromatic N) is 4. The number of carbonyl (C=O) groups excluding carboxylic acids is 2. The van der Waals surface area contributed by atoms with E-state index >= 15 is 0 Å². The van der Waals surface area contributed by atoms with Crippen molar-refractivity contribution in [3.8, 4) is 0 Å². The van der Waals surface area contributed by atoms with Crippen LogP contribution < -0.4 is 15.1 Å². The number of halogens is 1. The number of carbonyl (C=O) groups is 2. The van der Waals surface area contributed by atoms with Crippen LogP contribution in [0.2, 0.25) is 0 Å². The first kappa shape index (κ1) is 23.3. The minimum atomic E-state index is -0.515. The Balaban J connectivity index is 1.56. The molecule has 0 saturated carbocycles. The standard InChI is InChI=1S/C23H30FN5O3/c1-23(2,3)32-22(31)29-12-10-28(11-13-29)17-7-9-20(25-15-17)26-21(30)16-6-8-19(27(4)5)18(24)14-16/h6-9,14-15H,10-13H2,1-5H3,(H,25,26,30). The molecule has 9 heteroatoms. The van der Waals surface area contributed by atoms with E-state index in [2.05, 4.69) is 15.2 Å². The summed E-state index contributed by atoms with van der Waals surface area (Å²) < 4.78 is 19.6. The number of ether oxygens (including phenoxy) is 1. The Morgan fingerprint density at radius 1 is 1.09 bits per heavy atom. The van der Waals surface area contributed by atoms with Crippen molar-refractivity contribution in [1.82, 2.24) is 9.88 Å². The lowest BCUT2D eigenvalue weighted by molar-refractivity contribution is 0.0240. The lowest BCUT2D eigenvalue weighted by atomic mass is 10.1. The molecule has 1 saturated heterocycles. The van der Waals surface area contributed by atoms with Gasteiger partial charge in [0.15, 0.2) is 0 Å². The number of anilines is 3. The molecular formula is C23H30FN5O3. The molecule has 0 atom stereocenters. The highest BCUT2D eigenvalue weighted by atomic mass is 19.1. The third-order valence-corrected chi connectivity index (χ3v) is 4.98. The van der Waals surface area contributed by atoms with Crippen LogP contribution in [-0.2, 0) is 4.74 Å². The summed E-state index contributed by atoms with van der Waals surface area (Å²) in [4.78, 5) is 34.4. The minimum Gasteiger partial charge on any atom is -0.444 e. The molecule has 1 fully saturated rings. The molecular weight excluding hydrogens is 413 g/mol. The lowest BCUT2D eigenvalue weighted by Crippen LogP contribution is -2.50. The minimum absolute atomic E-state index is 0.220. The molecule has 32 heavy (non-hydrogen) atoms. The maximum absolute atomic E-state index is 14.1. The van der Waals surface area contributed by atoms with Crippen LogP contribution in [0, 0.1) is 5.82 Å². The lowest BCUT2D eigenvalue weighted by Gasteiger charge is -2.36. The van der Waals surface area contributed by atoms with Crippen molar-refractivity contribution < 1.29 is 18.7 Å². The Morgan fingerprint density at radius 2 is 1.78 bits per heavy atom. The second-order valence-electron chi connectivity index (χ2n) is 8.87. The van der Waals surface area contributed by atoms with Crippen molar-refractivity contribution in [2.45, 2.75) is 26.4 Å². The number of hydrogen-bond acceptors (Lipinski definition) is 6. The third-order valence-electron chi connectivity index (χ3n) is 4.98. The number of nitrogens with one attached hydrogen (secondary N) is 1. The zero-order valence-electron chi connectivity index (χ0n) is 19.2. The fourth-order valence-electron chi connectivity index (χ4n) is 3.32. The van der Waals surface area contributed by atoms with E-state index in [-0.39, 0.29) is 11.7 Å². The molecule has 1 aliphatic heterocycles. The second-order valence-corrected chi connectivity index (χ2v) is 8.87. The summed E-state index contributed by atoms with van der Waals surface area (Å²) in [6.45, 7) is 7.98. The van der Waals surface area contributed by atoms with Crippen molar-refractivity contribution in [3.05, 3.63) is 47.9 Å². The average Bonchev–Trinajstić information content (AvgIpc) is 2.73. The highest BCUT2D eigenvalue weighted by Crippen LogP contribution is 2.21. The Bertz CT molecular complexity index is 965. The van der Waals surface area contributed by atoms with Gasteiger partial charge in [0, 0.05) is 45.8 Å². The molecule has 2 aromatic rings. The normalized spacial score (nSPS) is 14.2. The van der Waals surface area contributed by atoms with E-state index < -0.39 is 17.3 Å². The van der Waals surface area contributed by atoms with E-state index in [4.69, 9.17) is 4.74 Å². The summed E-state index contributed by atoms with van der Waals surface area (Å²) >= 11 is 0. The van der Waals surface area contributed by atoms with Crippen LogP contribution in [0.25, 0.3) is 0 Å². The molecule has 1 aromatic heterocycles. The van der Waals surface area contributed by atoms with Gasteiger partial charge in [-0.25, -0.2) is 14.2 Å². The number of aromatic nitrogens is 1. The molecule has 2 amide bonds. The summed E-state index contributed by atoms with van der Waals surface area (Å²) in [6, 6.07) is 7.92. The van der Waals surface area contributed by atoms with E-state index in [0.717, 1.165) is 5.69 Å². The molecule has 1 aromatic carbocycles. The summed E-state index contributed by atoms with van der Waals surface area (Å²) in [6.07, 6.45) is 1.37. The Kier molecular flexibility index (Phi) is 6.86. The highest BCUT2D eigenvalue weighted by molar-refractivity contribution is 6.04. The smallest absolute Gasteiger partial charge is 0.410 e. The van der Waals surface area contributed by atoms with E-state index in [0.29, 0.717) is 37.7 Å². The van der Waals surface area contributed by atoms with Gasteiger partial charge in [0.1, 0.15) is 17.2 Å². The van der Waals surface area contributed by atoms with Crippen LogP contribution in [-0.4, -0.2) is 67.8 Å². The summed E-state index contributed by atoms with van der Waals surface area (Å²) in [5.41, 5.74) is 1.01. The van der Waals surface area contributed by atoms with Crippen LogP contribution in [0.3, 0.4) is 0 Å². The van der Waals surface area contributed by atoms with E-state index in [1.54, 1.807) is 48.3 Å². The number of piperazine rings is 1. The van der Waals surface area contributed by atoms with Gasteiger partial charge in [-0.3, -0.25) is 4.79 Å². The molecule has 0 spiro atoms. The molecule has 0 aliphatic carbocycles. The summed E-state index contributed by atoms with van der Waals surface area (Å²) in [5, 5.41) is 2.69. The molecule has 1 N–H and O–H groups in total. The van der Waals surface area contributed by atoms with Crippen LogP contribution in [0.4, 0.5) is 26.4 Å². The molecule has 0 unspecified atom stereocenters. The van der Waals surface area contributed by atoms with E-state index in [1.807, 2.05) is 26.8 Å². The topological polar surface area (TPSA) is 78.0 Å². The molecule has 0 bridgehead atoms. The Labute approximate surface area is 188 Å². The quantitative estimate of drug-likeness (QED) is 0.778. The van der Waals surface area contributed by atoms with E-state index in [1.165, 1.54) is 6.07 Å². The van der Waals surface area contributed by atoms with Gasteiger partial charge in [0.25, 0.3) is 5.91 Å². The first-order valence-electron chi connectivity index (χ1n) is 10.5. The maximum Gasteiger partial charge on any atom is 0.410 e. The number of hydrogen-bond donors (Lipinski definition) is 1. The third kappa shape index (κ3) is 5.87. The van der Waals surface area contributed by atoms with Crippen LogP contribution in [0.15, 0.2) is 36.5 Å². The SMILES string of the molecule is CN(C)c1ccc(C(=O)Nc2ccc(N3CCN(C(=O)OC(C)(C)C)CC3)cn2)cc1F. The molecule has 3 rings (SSSR count). The summed E-state index contributed by atoms with van der Waals surface area (Å²) in [7, 11) is 3.47. The van der Waals surface area contributed by atoms with Gasteiger partial charge < -0.3 is 24.8 Å². The van der Waals surface area contributed by atoms with Gasteiger partial charge >= 0.3 is 6.09 Å². The van der Waals surface area contributed by atoms with Gasteiger partial charge in [0.05, 0.1) is 17.6 Å². The fourth-order valence-corrected chi connectivity index (χ4v) is 3.32. The van der Waals surface area contributed by atoms with Crippen LogP contribution in [0.5, 0.6) is 0 Å². The Hall–Kier alpha value is -3.36. The number of rotatable bonds is 4. The number of pyridine rings is 1. The van der Waals surface area contributed by atoms with Gasteiger partial charge in [-0.15, -0.1) is 0 Å². The van der Waals surface area contributed by atoms with Crippen molar-refractivity contribution in [2.24, 2.45) is 0 Å². The predicted octanol–water partition coefficient (Wildman–Crippen LogP) is 3.60. The van der Waals surface area contributed by atoms with Gasteiger partial charge in [-0.1, -0.05) is 0 Å². The van der Waals surface area contributed by atoms with Crippen LogP contribution >= 0.6 is 0 Å². The predicted molar refractivity (Wildman–Crippen MR) is 123 cm³/mol. The van der Waals surface area contributed by atoms with Crippen molar-refractivity contribution in [3.63, 3.8) is 0 Å². The Morgan fingerprint density at radius 3 is 2.31 bits per heavy atom. The molecule has 172 valence electrons. The van der Waals surface area contributed by atoms with Crippen molar-refractivity contribution in [1.29, 1.82) is 0 Å². The molecule has 0 radical (unpaired) electrons. The first-order valence-corrected chi connectivity index (χ1v) is 10.5. The molecule has 8 nitrogen and oxygen atoms in total. The monoisotopic (exact) mass is 443 g/mol. The molecule has 2 heterocycles. The van der Waals surface area contributed by atoms with Gasteiger partial charge in [-0.2, -0.15) is 0 Å². The van der Waals surface area contributed by atoms with Crippen molar-refractivity contribution in [2.75, 3.05) is 55.4 Å². The first-order chi connectivity index (χ1) is 15.0. The van der Waals surface area contributed by atoms with Gasteiger partial charge in [-0.05, 0) is 51.1 Å². The average molecular weight is 444 g/mol. The molecule has 1 aliphatic rings. The number of amides is 2. The largest absolute Gasteiger partial charge is 0.444 e. The van der Waals surface area contributed by atoms with E-state index in [9.17, 15) is 14.0 Å². The highest BCUT2D eigenvalue weighted by Gasteiger charge is 2.26. The van der Waals surface area contributed by atoms with Gasteiger partial charge in [0.2, 0.25) is 0 Å². The summed E-state index contributed by atoms with van der Waals surface area (Å²) in [5.74, 6) is -0.514. The second kappa shape index (κ2) is 9.42. The fraction of sp³-hybridized carbons (Fsp3) is 0.435. The number of benzene rings is 1. The van der Waals surface area contributed by atoms with Crippen LogP contribution in [0.1, 0.15) is 31.1 Å². The zero-order chi connectivity index (χ0) is 23.5. The maximum atomic E-state index is 14.1. The zero-order valence-corrected chi connectivity index (χ0v) is 19.2.